The van der Waals surface area contributed by atoms with Gasteiger partial charge in [-0.2, -0.15) is 11.3 Å². The Kier molecular flexibility index (Phi) is 3.04. The quantitative estimate of drug-likeness (QED) is 0.880. The van der Waals surface area contributed by atoms with Crippen LogP contribution in [0.25, 0.3) is 0 Å². The number of carbonyl (C=O) groups excluding carboxylic acids is 2. The van der Waals surface area contributed by atoms with Gasteiger partial charge >= 0.3 is 0 Å². The highest BCUT2D eigenvalue weighted by atomic mass is 32.1. The van der Waals surface area contributed by atoms with Crippen LogP contribution >= 0.6 is 11.3 Å². The molecule has 22 heavy (non-hydrogen) atoms. The number of rotatable bonds is 1. The molecule has 2 aromatic rings. The van der Waals surface area contributed by atoms with E-state index in [4.69, 9.17) is 0 Å². The van der Waals surface area contributed by atoms with Gasteiger partial charge in [-0.05, 0) is 35.9 Å². The highest BCUT2D eigenvalue weighted by Gasteiger charge is 2.48. The first-order valence-corrected chi connectivity index (χ1v) is 8.37. The Labute approximate surface area is 132 Å². The molecule has 0 saturated carbocycles. The van der Waals surface area contributed by atoms with Crippen LogP contribution < -0.4 is 5.32 Å². The lowest BCUT2D eigenvalue weighted by Crippen LogP contribution is -2.48. The summed E-state index contributed by atoms with van der Waals surface area (Å²) in [6.07, 6.45) is 1.37. The largest absolute Gasteiger partial charge is 0.339 e. The van der Waals surface area contributed by atoms with Gasteiger partial charge in [0.15, 0.2) is 0 Å². The number of anilines is 1. The van der Waals surface area contributed by atoms with Crippen LogP contribution in [-0.2, 0) is 10.2 Å². The van der Waals surface area contributed by atoms with Gasteiger partial charge in [0.1, 0.15) is 0 Å². The summed E-state index contributed by atoms with van der Waals surface area (Å²) in [7, 11) is 0. The number of hydrogen-bond acceptors (Lipinski definition) is 3. The number of hydrogen-bond donors (Lipinski definition) is 1. The number of carbonyl (C=O) groups is 2. The minimum absolute atomic E-state index is 0.0720. The third-order valence-corrected chi connectivity index (χ3v) is 5.48. The van der Waals surface area contributed by atoms with E-state index < -0.39 is 5.41 Å². The van der Waals surface area contributed by atoms with Crippen molar-refractivity contribution in [2.75, 3.05) is 18.4 Å². The van der Waals surface area contributed by atoms with E-state index in [2.05, 4.69) is 5.32 Å². The molecule has 2 aliphatic rings. The summed E-state index contributed by atoms with van der Waals surface area (Å²) in [4.78, 5) is 26.8. The lowest BCUT2D eigenvalue weighted by molar-refractivity contribution is -0.122. The van der Waals surface area contributed by atoms with Crippen molar-refractivity contribution >= 4 is 28.8 Å². The number of amides is 2. The summed E-state index contributed by atoms with van der Waals surface area (Å²) >= 11 is 1.53. The Hall–Kier alpha value is -2.14. The molecule has 2 aliphatic heterocycles. The molecule has 2 amide bonds. The van der Waals surface area contributed by atoms with E-state index in [1.54, 1.807) is 0 Å². The van der Waals surface area contributed by atoms with Crippen molar-refractivity contribution in [3.8, 4) is 0 Å². The fraction of sp³-hybridized carbons (Fsp3) is 0.294. The van der Waals surface area contributed by atoms with Crippen LogP contribution in [0.1, 0.15) is 28.8 Å². The third-order valence-electron chi connectivity index (χ3n) is 4.80. The van der Waals surface area contributed by atoms with E-state index in [-0.39, 0.29) is 11.8 Å². The van der Waals surface area contributed by atoms with Crippen LogP contribution in [0.4, 0.5) is 5.69 Å². The number of likely N-dealkylation sites (tertiary alicyclic amines) is 1. The van der Waals surface area contributed by atoms with Gasteiger partial charge in [0.05, 0.1) is 11.0 Å². The van der Waals surface area contributed by atoms with Crippen LogP contribution in [0.15, 0.2) is 41.1 Å². The van der Waals surface area contributed by atoms with Gasteiger partial charge in [0.25, 0.3) is 5.91 Å². The highest BCUT2D eigenvalue weighted by molar-refractivity contribution is 7.08. The summed E-state index contributed by atoms with van der Waals surface area (Å²) < 4.78 is 0. The monoisotopic (exact) mass is 312 g/mol. The van der Waals surface area contributed by atoms with Crippen molar-refractivity contribution < 1.29 is 9.59 Å². The number of benzene rings is 1. The van der Waals surface area contributed by atoms with E-state index in [9.17, 15) is 9.59 Å². The molecule has 112 valence electrons. The Morgan fingerprint density at radius 1 is 1.18 bits per heavy atom. The normalized spacial score (nSPS) is 19.1. The van der Waals surface area contributed by atoms with Gasteiger partial charge in [0.2, 0.25) is 5.91 Å². The molecule has 1 aromatic heterocycles. The Bertz CT molecular complexity index is 731. The summed E-state index contributed by atoms with van der Waals surface area (Å²) in [6, 6.07) is 9.75. The molecule has 0 atom stereocenters. The fourth-order valence-electron chi connectivity index (χ4n) is 3.53. The first-order valence-electron chi connectivity index (χ1n) is 7.43. The second kappa shape index (κ2) is 4.95. The predicted molar refractivity (Wildman–Crippen MR) is 86.2 cm³/mol. The maximum Gasteiger partial charge on any atom is 0.254 e. The third kappa shape index (κ3) is 1.89. The van der Waals surface area contributed by atoms with Crippen molar-refractivity contribution in [1.82, 2.24) is 4.90 Å². The Morgan fingerprint density at radius 2 is 1.95 bits per heavy atom. The van der Waals surface area contributed by atoms with E-state index in [0.29, 0.717) is 25.9 Å². The lowest BCUT2D eigenvalue weighted by Gasteiger charge is -2.37. The average Bonchev–Trinajstić information content (AvgIpc) is 3.16. The van der Waals surface area contributed by atoms with Gasteiger partial charge in [-0.25, -0.2) is 0 Å². The molecule has 0 bridgehead atoms. The van der Waals surface area contributed by atoms with Crippen molar-refractivity contribution in [3.05, 3.63) is 52.2 Å². The molecule has 3 heterocycles. The SMILES string of the molecule is O=C(c1ccsc1)N1CCC2(CC1)C(=O)Nc1ccccc12. The summed E-state index contributed by atoms with van der Waals surface area (Å²) in [5.74, 6) is 0.152. The lowest BCUT2D eigenvalue weighted by atomic mass is 9.73. The Balaban J connectivity index is 1.57. The van der Waals surface area contributed by atoms with Crippen LogP contribution in [0.3, 0.4) is 0 Å². The van der Waals surface area contributed by atoms with Crippen molar-refractivity contribution in [1.29, 1.82) is 0 Å². The molecular weight excluding hydrogens is 296 g/mol. The summed E-state index contributed by atoms with van der Waals surface area (Å²) in [5.41, 5.74) is 2.30. The zero-order valence-corrected chi connectivity index (χ0v) is 12.9. The van der Waals surface area contributed by atoms with Crippen LogP contribution in [-0.4, -0.2) is 29.8 Å². The maximum atomic E-state index is 12.5. The topological polar surface area (TPSA) is 49.4 Å². The smallest absolute Gasteiger partial charge is 0.254 e. The number of para-hydroxylation sites is 1. The Morgan fingerprint density at radius 3 is 2.68 bits per heavy atom. The minimum Gasteiger partial charge on any atom is -0.339 e. The maximum absolute atomic E-state index is 12.5. The molecule has 0 radical (unpaired) electrons. The fourth-order valence-corrected chi connectivity index (χ4v) is 4.16. The minimum atomic E-state index is -0.456. The first kappa shape index (κ1) is 13.5. The standard InChI is InChI=1S/C17H16N2O2S/c20-15(12-5-10-22-11-12)19-8-6-17(7-9-19)13-3-1-2-4-14(13)18-16(17)21/h1-5,10-11H,6-9H2,(H,18,21). The number of nitrogens with one attached hydrogen (secondary N) is 1. The van der Waals surface area contributed by atoms with Gasteiger partial charge in [0, 0.05) is 24.2 Å². The van der Waals surface area contributed by atoms with Crippen LogP contribution in [0.2, 0.25) is 0 Å². The van der Waals surface area contributed by atoms with Gasteiger partial charge in [-0.3, -0.25) is 9.59 Å². The van der Waals surface area contributed by atoms with Crippen LogP contribution in [0.5, 0.6) is 0 Å². The molecule has 4 nitrogen and oxygen atoms in total. The summed E-state index contributed by atoms with van der Waals surface area (Å²) in [5, 5.41) is 6.78. The molecule has 4 rings (SSSR count). The molecule has 0 aliphatic carbocycles. The molecule has 1 aromatic carbocycles. The molecule has 1 spiro atoms. The highest BCUT2D eigenvalue weighted by Crippen LogP contribution is 2.44. The first-order chi connectivity index (χ1) is 10.7. The van der Waals surface area contributed by atoms with E-state index in [1.165, 1.54) is 11.3 Å². The molecule has 1 N–H and O–H groups in total. The zero-order valence-electron chi connectivity index (χ0n) is 12.0. The number of piperidine rings is 1. The molecule has 1 fully saturated rings. The molecule has 1 saturated heterocycles. The predicted octanol–water partition coefficient (Wildman–Crippen LogP) is 2.87. The van der Waals surface area contributed by atoms with Crippen LogP contribution in [0, 0.1) is 0 Å². The zero-order chi connectivity index (χ0) is 15.2. The average molecular weight is 312 g/mol. The number of thiophene rings is 1. The number of fused-ring (bicyclic) bond motifs is 2. The molecule has 0 unspecified atom stereocenters. The van der Waals surface area contributed by atoms with Crippen molar-refractivity contribution in [3.63, 3.8) is 0 Å². The second-order valence-electron chi connectivity index (χ2n) is 5.89. The van der Waals surface area contributed by atoms with E-state index in [0.717, 1.165) is 16.8 Å². The molecule has 5 heteroatoms. The molecular formula is C17H16N2O2S. The van der Waals surface area contributed by atoms with Crippen molar-refractivity contribution in [2.24, 2.45) is 0 Å². The van der Waals surface area contributed by atoms with Gasteiger partial charge in [-0.15, -0.1) is 0 Å². The van der Waals surface area contributed by atoms with Crippen molar-refractivity contribution in [2.45, 2.75) is 18.3 Å². The van der Waals surface area contributed by atoms with Gasteiger partial charge < -0.3 is 10.2 Å². The number of nitrogens with zero attached hydrogens (tertiary/aromatic N) is 1. The van der Waals surface area contributed by atoms with Gasteiger partial charge in [-0.1, -0.05) is 18.2 Å². The van der Waals surface area contributed by atoms with E-state index >= 15 is 0 Å². The second-order valence-corrected chi connectivity index (χ2v) is 6.67. The summed E-state index contributed by atoms with van der Waals surface area (Å²) in [6.45, 7) is 1.24. The van der Waals surface area contributed by atoms with E-state index in [1.807, 2.05) is 46.0 Å².